The average Bonchev–Trinajstić information content (AvgIpc) is 3.24. The van der Waals surface area contributed by atoms with Crippen LogP contribution >= 0.6 is 11.8 Å². The number of carbonyl (C=O) groups excluding carboxylic acids is 3. The van der Waals surface area contributed by atoms with E-state index in [4.69, 9.17) is 9.47 Å². The van der Waals surface area contributed by atoms with Gasteiger partial charge in [0.05, 0.1) is 18.6 Å². The third kappa shape index (κ3) is 4.51. The molecule has 0 aromatic heterocycles. The fourth-order valence-corrected chi connectivity index (χ4v) is 5.60. The molecule has 10 heteroatoms. The van der Waals surface area contributed by atoms with Crippen LogP contribution in [0.4, 0.5) is 0 Å². The molecule has 2 N–H and O–H groups in total. The number of amides is 2. The summed E-state index contributed by atoms with van der Waals surface area (Å²) in [4.78, 5) is 49.5. The Bertz CT molecular complexity index is 964. The molecule has 0 aliphatic carbocycles. The second-order valence-electron chi connectivity index (χ2n) is 7.92. The SMILES string of the molecule is CC(=O)OC[C@@H]1CC[C@H](C2=C(C(=O)O)N3C(=O)[C@@H](NC(=O)Cc4ccccc4)[C@H]3SC2)O1. The van der Waals surface area contributed by atoms with E-state index in [1.54, 1.807) is 0 Å². The third-order valence-corrected chi connectivity index (χ3v) is 7.00. The van der Waals surface area contributed by atoms with Gasteiger partial charge >= 0.3 is 11.9 Å². The monoisotopic (exact) mass is 460 g/mol. The zero-order valence-corrected chi connectivity index (χ0v) is 18.3. The lowest BCUT2D eigenvalue weighted by Crippen LogP contribution is -2.70. The van der Waals surface area contributed by atoms with Crippen LogP contribution in [0.2, 0.25) is 0 Å². The largest absolute Gasteiger partial charge is 0.477 e. The molecule has 2 amide bonds. The summed E-state index contributed by atoms with van der Waals surface area (Å²) in [6.45, 7) is 1.44. The molecule has 32 heavy (non-hydrogen) atoms. The summed E-state index contributed by atoms with van der Waals surface area (Å²) in [7, 11) is 0. The predicted octanol–water partition coefficient (Wildman–Crippen LogP) is 1.08. The van der Waals surface area contributed by atoms with Crippen LogP contribution < -0.4 is 5.32 Å². The van der Waals surface area contributed by atoms with E-state index in [9.17, 15) is 24.3 Å². The maximum absolute atomic E-state index is 12.8. The van der Waals surface area contributed by atoms with E-state index in [2.05, 4.69) is 5.32 Å². The maximum atomic E-state index is 12.8. The highest BCUT2D eigenvalue weighted by Crippen LogP contribution is 2.43. The minimum Gasteiger partial charge on any atom is -0.477 e. The molecule has 2 fully saturated rings. The Morgan fingerprint density at radius 1 is 1.25 bits per heavy atom. The number of rotatable bonds is 7. The first-order valence-corrected chi connectivity index (χ1v) is 11.4. The number of benzene rings is 1. The van der Waals surface area contributed by atoms with E-state index in [0.29, 0.717) is 24.2 Å². The summed E-state index contributed by atoms with van der Waals surface area (Å²) in [5.41, 5.74) is 1.32. The smallest absolute Gasteiger partial charge is 0.352 e. The van der Waals surface area contributed by atoms with Crippen LogP contribution in [0.5, 0.6) is 0 Å². The van der Waals surface area contributed by atoms with Crippen LogP contribution in [0, 0.1) is 0 Å². The molecule has 170 valence electrons. The quantitative estimate of drug-likeness (QED) is 0.458. The predicted molar refractivity (Wildman–Crippen MR) is 114 cm³/mol. The molecule has 0 spiro atoms. The number of carboxylic acid groups (broad SMARTS) is 1. The fraction of sp³-hybridized carbons (Fsp3) is 0.455. The molecular formula is C22H24N2O7S. The normalized spacial score (nSPS) is 26.9. The van der Waals surface area contributed by atoms with Gasteiger partial charge in [0.25, 0.3) is 5.91 Å². The number of nitrogens with zero attached hydrogens (tertiary/aromatic N) is 1. The van der Waals surface area contributed by atoms with Gasteiger partial charge in [0.1, 0.15) is 23.7 Å². The summed E-state index contributed by atoms with van der Waals surface area (Å²) in [5.74, 6) is -1.93. The molecule has 2 saturated heterocycles. The summed E-state index contributed by atoms with van der Waals surface area (Å²) in [5, 5.41) is 12.1. The topological polar surface area (TPSA) is 122 Å². The molecular weight excluding hydrogens is 436 g/mol. The molecule has 1 aromatic carbocycles. The van der Waals surface area contributed by atoms with Crippen molar-refractivity contribution in [2.75, 3.05) is 12.4 Å². The van der Waals surface area contributed by atoms with Gasteiger partial charge in [-0.1, -0.05) is 30.3 Å². The Labute approximate surface area is 189 Å². The lowest BCUT2D eigenvalue weighted by Gasteiger charge is -2.50. The molecule has 0 saturated carbocycles. The lowest BCUT2D eigenvalue weighted by atomic mass is 9.99. The molecule has 4 rings (SSSR count). The number of hydrogen-bond acceptors (Lipinski definition) is 7. The van der Waals surface area contributed by atoms with Crippen molar-refractivity contribution in [3.8, 4) is 0 Å². The van der Waals surface area contributed by atoms with Crippen LogP contribution in [-0.4, -0.2) is 69.7 Å². The highest BCUT2D eigenvalue weighted by atomic mass is 32.2. The van der Waals surface area contributed by atoms with Crippen molar-refractivity contribution in [3.05, 3.63) is 47.2 Å². The maximum Gasteiger partial charge on any atom is 0.352 e. The first-order chi connectivity index (χ1) is 15.3. The molecule has 3 aliphatic heterocycles. The number of thioether (sulfide) groups is 1. The third-order valence-electron chi connectivity index (χ3n) is 5.69. The number of aliphatic carboxylic acids is 1. The van der Waals surface area contributed by atoms with Gasteiger partial charge in [-0.15, -0.1) is 11.8 Å². The van der Waals surface area contributed by atoms with Crippen molar-refractivity contribution >= 4 is 35.5 Å². The van der Waals surface area contributed by atoms with Gasteiger partial charge in [-0.05, 0) is 24.0 Å². The minimum atomic E-state index is -1.19. The molecule has 9 nitrogen and oxygen atoms in total. The van der Waals surface area contributed by atoms with E-state index in [-0.39, 0.29) is 30.7 Å². The van der Waals surface area contributed by atoms with E-state index < -0.39 is 35.4 Å². The molecule has 1 aromatic rings. The van der Waals surface area contributed by atoms with Gasteiger partial charge in [-0.2, -0.15) is 0 Å². The van der Waals surface area contributed by atoms with Crippen molar-refractivity contribution in [2.24, 2.45) is 0 Å². The number of fused-ring (bicyclic) bond motifs is 1. The van der Waals surface area contributed by atoms with Crippen molar-refractivity contribution in [1.82, 2.24) is 10.2 Å². The summed E-state index contributed by atoms with van der Waals surface area (Å²) < 4.78 is 10.9. The number of nitrogens with one attached hydrogen (secondary N) is 1. The van der Waals surface area contributed by atoms with Crippen LogP contribution in [-0.2, 0) is 35.1 Å². The minimum absolute atomic E-state index is 0.0644. The van der Waals surface area contributed by atoms with Crippen LogP contribution in [0.25, 0.3) is 0 Å². The van der Waals surface area contributed by atoms with Gasteiger partial charge in [-0.3, -0.25) is 19.3 Å². The Morgan fingerprint density at radius 3 is 2.69 bits per heavy atom. The molecule has 0 unspecified atom stereocenters. The van der Waals surface area contributed by atoms with Crippen molar-refractivity contribution < 1.29 is 33.8 Å². The van der Waals surface area contributed by atoms with Crippen molar-refractivity contribution in [3.63, 3.8) is 0 Å². The Hall–Kier alpha value is -2.85. The molecule has 3 aliphatic rings. The Balaban J connectivity index is 1.43. The molecule has 0 bridgehead atoms. The van der Waals surface area contributed by atoms with Gasteiger partial charge in [0.2, 0.25) is 5.91 Å². The van der Waals surface area contributed by atoms with Gasteiger partial charge in [-0.25, -0.2) is 4.79 Å². The van der Waals surface area contributed by atoms with E-state index >= 15 is 0 Å². The number of hydrogen-bond donors (Lipinski definition) is 2. The van der Waals surface area contributed by atoms with Gasteiger partial charge < -0.3 is 19.9 Å². The van der Waals surface area contributed by atoms with Gasteiger partial charge in [0, 0.05) is 12.7 Å². The summed E-state index contributed by atoms with van der Waals surface area (Å²) in [6, 6.07) is 8.44. The first-order valence-electron chi connectivity index (χ1n) is 10.4. The van der Waals surface area contributed by atoms with Crippen LogP contribution in [0.1, 0.15) is 25.3 Å². The zero-order chi connectivity index (χ0) is 22.8. The highest BCUT2D eigenvalue weighted by molar-refractivity contribution is 8.00. The summed E-state index contributed by atoms with van der Waals surface area (Å²) in [6.07, 6.45) is 0.618. The van der Waals surface area contributed by atoms with E-state index in [1.807, 2.05) is 30.3 Å². The number of esters is 1. The Kier molecular flexibility index (Phi) is 6.52. The van der Waals surface area contributed by atoms with Crippen LogP contribution in [0.3, 0.4) is 0 Å². The van der Waals surface area contributed by atoms with Crippen molar-refractivity contribution in [1.29, 1.82) is 0 Å². The average molecular weight is 461 g/mol. The van der Waals surface area contributed by atoms with Crippen molar-refractivity contribution in [2.45, 2.75) is 49.8 Å². The standard InChI is InChI=1S/C22H24N2O7S/c1-12(25)30-10-14-7-8-16(31-14)15-11-32-21-18(20(27)24(21)19(15)22(28)29)23-17(26)9-13-5-3-2-4-6-13/h2-6,14,16,18,21H,7-11H2,1H3,(H,23,26)(H,28,29)/t14-,16+,18+,21+/m0/s1. The molecule has 4 atom stereocenters. The van der Waals surface area contributed by atoms with E-state index in [0.717, 1.165) is 5.56 Å². The number of β-lactam (4-membered cyclic amide) rings is 1. The number of carbonyl (C=O) groups is 4. The van der Waals surface area contributed by atoms with Crippen LogP contribution in [0.15, 0.2) is 41.6 Å². The molecule has 0 radical (unpaired) electrons. The lowest BCUT2D eigenvalue weighted by molar-refractivity contribution is -0.151. The zero-order valence-electron chi connectivity index (χ0n) is 17.5. The number of carboxylic acids is 1. The highest BCUT2D eigenvalue weighted by Gasteiger charge is 2.55. The summed E-state index contributed by atoms with van der Waals surface area (Å²) >= 11 is 1.41. The van der Waals surface area contributed by atoms with Gasteiger partial charge in [0.15, 0.2) is 0 Å². The fourth-order valence-electron chi connectivity index (χ4n) is 4.19. The second-order valence-corrected chi connectivity index (χ2v) is 9.03. The van der Waals surface area contributed by atoms with E-state index in [1.165, 1.54) is 23.6 Å². The molecule has 3 heterocycles. The first kappa shape index (κ1) is 22.3. The Morgan fingerprint density at radius 2 is 2.00 bits per heavy atom. The number of ether oxygens (including phenoxy) is 2. The second kappa shape index (κ2) is 9.33.